The largest absolute Gasteiger partial charge is 0.456 e. The summed E-state index contributed by atoms with van der Waals surface area (Å²) in [5.41, 5.74) is 15.1. The molecule has 0 radical (unpaired) electrons. The molecule has 0 fully saturated rings. The first-order chi connectivity index (χ1) is 32.2. The smallest absolute Gasteiger partial charge is 0.137 e. The van der Waals surface area contributed by atoms with Crippen molar-refractivity contribution < 1.29 is 8.83 Å². The molecule has 0 amide bonds. The van der Waals surface area contributed by atoms with E-state index in [9.17, 15) is 0 Å². The number of fused-ring (bicyclic) bond motifs is 15. The Balaban J connectivity index is 0.936. The Morgan fingerprint density at radius 2 is 0.785 bits per heavy atom. The number of nitrogens with zero attached hydrogens (tertiary/aromatic N) is 2. The monoisotopic (exact) mass is 846 g/mol. The summed E-state index contributed by atoms with van der Waals surface area (Å²) in [6.45, 7) is 0. The molecule has 302 valence electrons. The third-order valence-electron chi connectivity index (χ3n) is 13.7. The van der Waals surface area contributed by atoms with E-state index in [0.717, 1.165) is 82.9 Å². The zero-order valence-corrected chi connectivity index (χ0v) is 35.6. The van der Waals surface area contributed by atoms with Crippen molar-refractivity contribution in [3.63, 3.8) is 0 Å². The molecule has 0 atom stereocenters. The van der Waals surface area contributed by atoms with Crippen LogP contribution in [0.15, 0.2) is 215 Å². The normalized spacial score (nSPS) is 12.3. The molecule has 65 heavy (non-hydrogen) atoms. The zero-order chi connectivity index (χ0) is 42.3. The van der Waals surface area contributed by atoms with Gasteiger partial charge in [-0.1, -0.05) is 115 Å². The summed E-state index contributed by atoms with van der Waals surface area (Å²) in [5, 5.41) is 11.9. The van der Waals surface area contributed by atoms with Crippen LogP contribution in [-0.2, 0) is 0 Å². The second kappa shape index (κ2) is 13.1. The first-order valence-corrected chi connectivity index (χ1v) is 22.9. The molecular weight excluding hydrogens is 813 g/mol. The van der Waals surface area contributed by atoms with E-state index in [1.165, 1.54) is 58.4 Å². The van der Waals surface area contributed by atoms with Crippen molar-refractivity contribution in [1.82, 2.24) is 9.13 Å². The molecule has 0 aliphatic rings. The van der Waals surface area contributed by atoms with Crippen LogP contribution in [0.1, 0.15) is 0 Å². The molecule has 5 heterocycles. The fourth-order valence-electron chi connectivity index (χ4n) is 10.7. The lowest BCUT2D eigenvalue weighted by atomic mass is 10.00. The maximum absolute atomic E-state index is 6.52. The number of benzene rings is 10. The lowest BCUT2D eigenvalue weighted by Gasteiger charge is -2.11. The minimum Gasteiger partial charge on any atom is -0.456 e. The van der Waals surface area contributed by atoms with E-state index in [1.807, 2.05) is 23.5 Å². The van der Waals surface area contributed by atoms with Gasteiger partial charge in [0, 0.05) is 86.8 Å². The molecule has 5 aromatic heterocycles. The summed E-state index contributed by atoms with van der Waals surface area (Å²) >= 11 is 1.87. The predicted octanol–water partition coefficient (Wildman–Crippen LogP) is 17.4. The van der Waals surface area contributed by atoms with Gasteiger partial charge in [-0.25, -0.2) is 0 Å². The van der Waals surface area contributed by atoms with E-state index in [1.54, 1.807) is 0 Å². The minimum absolute atomic E-state index is 0.885. The van der Waals surface area contributed by atoms with Crippen molar-refractivity contribution in [2.45, 2.75) is 0 Å². The maximum atomic E-state index is 6.52. The van der Waals surface area contributed by atoms with Gasteiger partial charge < -0.3 is 18.0 Å². The Labute approximate surface area is 375 Å². The van der Waals surface area contributed by atoms with Crippen LogP contribution in [0.5, 0.6) is 0 Å². The molecule has 0 unspecified atom stereocenters. The van der Waals surface area contributed by atoms with Gasteiger partial charge in [-0.2, -0.15) is 0 Å². The molecule has 5 heteroatoms. The van der Waals surface area contributed by atoms with E-state index in [2.05, 4.69) is 203 Å². The third-order valence-corrected chi connectivity index (χ3v) is 14.9. The molecule has 0 saturated heterocycles. The van der Waals surface area contributed by atoms with E-state index in [-0.39, 0.29) is 0 Å². The van der Waals surface area contributed by atoms with Gasteiger partial charge in [0.25, 0.3) is 0 Å². The molecule has 15 rings (SSSR count). The number of rotatable bonds is 4. The van der Waals surface area contributed by atoms with Crippen LogP contribution >= 0.6 is 11.3 Å². The second-order valence-electron chi connectivity index (χ2n) is 17.2. The summed E-state index contributed by atoms with van der Waals surface area (Å²) in [6, 6.07) is 74.9. The highest BCUT2D eigenvalue weighted by atomic mass is 32.1. The molecular formula is C60H34N2O2S. The predicted molar refractivity (Wildman–Crippen MR) is 273 cm³/mol. The number of para-hydroxylation sites is 3. The van der Waals surface area contributed by atoms with Crippen molar-refractivity contribution in [2.75, 3.05) is 0 Å². The Kier molecular flexibility index (Phi) is 7.07. The Morgan fingerprint density at radius 1 is 0.292 bits per heavy atom. The summed E-state index contributed by atoms with van der Waals surface area (Å²) in [4.78, 5) is 0. The van der Waals surface area contributed by atoms with Gasteiger partial charge in [0.1, 0.15) is 22.3 Å². The van der Waals surface area contributed by atoms with Crippen LogP contribution in [0.25, 0.3) is 141 Å². The van der Waals surface area contributed by atoms with E-state index in [0.29, 0.717) is 0 Å². The lowest BCUT2D eigenvalue weighted by Crippen LogP contribution is -1.94. The van der Waals surface area contributed by atoms with Gasteiger partial charge in [-0.15, -0.1) is 11.3 Å². The fourth-order valence-corrected chi connectivity index (χ4v) is 12.0. The van der Waals surface area contributed by atoms with Gasteiger partial charge >= 0.3 is 0 Å². The topological polar surface area (TPSA) is 36.1 Å². The van der Waals surface area contributed by atoms with Crippen molar-refractivity contribution in [3.8, 4) is 33.6 Å². The minimum atomic E-state index is 0.885. The van der Waals surface area contributed by atoms with Gasteiger partial charge in [0.2, 0.25) is 0 Å². The summed E-state index contributed by atoms with van der Waals surface area (Å²) in [6.07, 6.45) is 0. The van der Waals surface area contributed by atoms with Crippen LogP contribution < -0.4 is 0 Å². The van der Waals surface area contributed by atoms with Crippen molar-refractivity contribution >= 4 is 119 Å². The van der Waals surface area contributed by atoms with Crippen molar-refractivity contribution in [1.29, 1.82) is 0 Å². The third kappa shape index (κ3) is 5.01. The van der Waals surface area contributed by atoms with E-state index in [4.69, 9.17) is 8.83 Å². The van der Waals surface area contributed by atoms with Gasteiger partial charge in [-0.3, -0.25) is 0 Å². The number of hydrogen-bond acceptors (Lipinski definition) is 3. The van der Waals surface area contributed by atoms with Gasteiger partial charge in [0.05, 0.1) is 22.1 Å². The second-order valence-corrected chi connectivity index (χ2v) is 18.3. The first-order valence-electron chi connectivity index (χ1n) is 22.1. The Hall–Kier alpha value is -8.38. The Morgan fingerprint density at radius 3 is 1.40 bits per heavy atom. The molecule has 0 spiro atoms. The molecule has 0 N–H and O–H groups in total. The Bertz CT molecular complexity index is 4460. The molecule has 0 saturated carbocycles. The van der Waals surface area contributed by atoms with Crippen molar-refractivity contribution in [2.24, 2.45) is 0 Å². The molecule has 0 aliphatic heterocycles. The average Bonchev–Trinajstić information content (AvgIpc) is 4.17. The molecule has 4 nitrogen and oxygen atoms in total. The molecule has 0 aliphatic carbocycles. The van der Waals surface area contributed by atoms with Crippen LogP contribution in [0.4, 0.5) is 0 Å². The van der Waals surface area contributed by atoms with Crippen LogP contribution in [0, 0.1) is 0 Å². The lowest BCUT2D eigenvalue weighted by molar-refractivity contribution is 0.669. The van der Waals surface area contributed by atoms with Gasteiger partial charge in [-0.05, 0) is 101 Å². The summed E-state index contributed by atoms with van der Waals surface area (Å²) < 4.78 is 20.4. The fraction of sp³-hybridized carbons (Fsp3) is 0. The molecule has 0 bridgehead atoms. The van der Waals surface area contributed by atoms with Gasteiger partial charge in [0.15, 0.2) is 0 Å². The number of furan rings is 2. The van der Waals surface area contributed by atoms with Crippen LogP contribution in [0.2, 0.25) is 0 Å². The zero-order valence-electron chi connectivity index (χ0n) is 34.7. The standard InChI is InChI=1S/C60H34N2O2S/c1-2-11-38(12-3-1)61-51-27-23-36(29-45(51)47-31-49-41-13-4-7-18-55(41)63-57(49)33-53(47)61)37-24-28-52-46(30-37)48-32-50-42-14-5-8-19-56(42)64-58(50)34-54(48)62(52)39-25-21-35(22-26-39)40-16-10-17-44-43-15-6-9-20-59(43)65-60(40)44/h1-34H. The average molecular weight is 847 g/mol. The highest BCUT2D eigenvalue weighted by Gasteiger charge is 2.20. The van der Waals surface area contributed by atoms with Crippen LogP contribution in [-0.4, -0.2) is 9.13 Å². The van der Waals surface area contributed by atoms with Crippen LogP contribution in [0.3, 0.4) is 0 Å². The first kappa shape index (κ1) is 35.1. The van der Waals surface area contributed by atoms with E-state index < -0.39 is 0 Å². The summed E-state index contributed by atoms with van der Waals surface area (Å²) in [7, 11) is 0. The SMILES string of the molecule is c1ccc(-n2c3ccc(-c4ccc5c(c4)c4cc6c(cc4n5-c4ccc(-c5cccc7c5sc5ccccc57)cc4)oc4ccccc46)cc3c3cc4c(cc32)oc2ccccc24)cc1. The quantitative estimate of drug-likeness (QED) is 0.177. The number of thiophene rings is 1. The number of hydrogen-bond donors (Lipinski definition) is 0. The summed E-state index contributed by atoms with van der Waals surface area (Å²) in [5.74, 6) is 0. The molecule has 15 aromatic rings. The number of aromatic nitrogens is 2. The highest BCUT2D eigenvalue weighted by Crippen LogP contribution is 2.44. The van der Waals surface area contributed by atoms with Crippen molar-refractivity contribution in [3.05, 3.63) is 206 Å². The maximum Gasteiger partial charge on any atom is 0.137 e. The highest BCUT2D eigenvalue weighted by molar-refractivity contribution is 7.26. The van der Waals surface area contributed by atoms with E-state index >= 15 is 0 Å². The molecule has 10 aromatic carbocycles.